The Bertz CT molecular complexity index is 251. The first-order valence-electron chi connectivity index (χ1n) is 9.44. The van der Waals surface area contributed by atoms with E-state index in [-0.39, 0.29) is 0 Å². The van der Waals surface area contributed by atoms with Gasteiger partial charge in [0.2, 0.25) is 0 Å². The normalized spacial score (nSPS) is 34.9. The summed E-state index contributed by atoms with van der Waals surface area (Å²) in [6.07, 6.45) is 21.5. The molecule has 0 N–H and O–H groups in total. The highest BCUT2D eigenvalue weighted by atomic mass is 14.3. The second-order valence-electron chi connectivity index (χ2n) is 7.60. The van der Waals surface area contributed by atoms with E-state index < -0.39 is 0 Å². The second-order valence-corrected chi connectivity index (χ2v) is 7.60. The van der Waals surface area contributed by atoms with Gasteiger partial charge < -0.3 is 0 Å². The molecule has 2 aliphatic rings. The van der Waals surface area contributed by atoms with E-state index in [1.54, 1.807) is 0 Å². The number of rotatable bonds is 7. The molecule has 0 nitrogen and oxygen atoms in total. The maximum Gasteiger partial charge on any atom is -0.0236 e. The molecule has 2 fully saturated rings. The van der Waals surface area contributed by atoms with Crippen LogP contribution in [0, 0.1) is 23.7 Å². The van der Waals surface area contributed by atoms with Crippen molar-refractivity contribution in [2.75, 3.05) is 0 Å². The molecule has 0 aromatic rings. The van der Waals surface area contributed by atoms with Gasteiger partial charge in [-0.2, -0.15) is 0 Å². The van der Waals surface area contributed by atoms with E-state index in [0.717, 1.165) is 23.7 Å². The number of hydrogen-bond donors (Lipinski definition) is 0. The van der Waals surface area contributed by atoms with Crippen molar-refractivity contribution in [2.45, 2.75) is 90.4 Å². The summed E-state index contributed by atoms with van der Waals surface area (Å²) in [6, 6.07) is 0. The van der Waals surface area contributed by atoms with Crippen molar-refractivity contribution in [1.82, 2.24) is 0 Å². The van der Waals surface area contributed by atoms with Crippen molar-refractivity contribution < 1.29 is 0 Å². The number of hydrogen-bond acceptors (Lipinski definition) is 0. The zero-order valence-corrected chi connectivity index (χ0v) is 13.8. The quantitative estimate of drug-likeness (QED) is 0.356. The van der Waals surface area contributed by atoms with Crippen LogP contribution in [0.2, 0.25) is 0 Å². The maximum atomic E-state index is 3.95. The molecule has 0 unspecified atom stereocenters. The first-order valence-corrected chi connectivity index (χ1v) is 9.44. The SMILES string of the molecule is C=CC1CCC(CCCC[C@H]2CC[C@H](CC)CC2)CC1. The van der Waals surface area contributed by atoms with Crippen molar-refractivity contribution in [3.05, 3.63) is 12.7 Å². The summed E-state index contributed by atoms with van der Waals surface area (Å²) in [7, 11) is 0. The van der Waals surface area contributed by atoms with Gasteiger partial charge in [-0.15, -0.1) is 6.58 Å². The lowest BCUT2D eigenvalue weighted by atomic mass is 9.77. The lowest BCUT2D eigenvalue weighted by molar-refractivity contribution is 0.247. The monoisotopic (exact) mass is 276 g/mol. The maximum absolute atomic E-state index is 3.95. The lowest BCUT2D eigenvalue weighted by Crippen LogP contribution is -2.14. The smallest absolute Gasteiger partial charge is 0.0236 e. The minimum atomic E-state index is 0.833. The van der Waals surface area contributed by atoms with E-state index in [9.17, 15) is 0 Å². The molecule has 0 aliphatic heterocycles. The Hall–Kier alpha value is -0.260. The van der Waals surface area contributed by atoms with Gasteiger partial charge in [0.15, 0.2) is 0 Å². The molecule has 0 saturated heterocycles. The summed E-state index contributed by atoms with van der Waals surface area (Å²) in [6.45, 7) is 6.32. The summed E-state index contributed by atoms with van der Waals surface area (Å²) in [5.74, 6) is 4.02. The lowest BCUT2D eigenvalue weighted by Gasteiger charge is -2.28. The molecular formula is C20H36. The van der Waals surface area contributed by atoms with Crippen molar-refractivity contribution in [1.29, 1.82) is 0 Å². The predicted molar refractivity (Wildman–Crippen MR) is 89.9 cm³/mol. The van der Waals surface area contributed by atoms with Gasteiger partial charge >= 0.3 is 0 Å². The molecule has 0 aromatic carbocycles. The highest BCUT2D eigenvalue weighted by Gasteiger charge is 2.21. The molecule has 2 saturated carbocycles. The minimum Gasteiger partial charge on any atom is -0.103 e. The van der Waals surface area contributed by atoms with Crippen molar-refractivity contribution in [2.24, 2.45) is 23.7 Å². The van der Waals surface area contributed by atoms with Crippen LogP contribution in [0.4, 0.5) is 0 Å². The van der Waals surface area contributed by atoms with E-state index in [1.165, 1.54) is 83.5 Å². The van der Waals surface area contributed by atoms with Crippen LogP contribution in [0.5, 0.6) is 0 Å². The molecule has 0 bridgehead atoms. The van der Waals surface area contributed by atoms with Crippen LogP contribution in [-0.2, 0) is 0 Å². The fourth-order valence-corrected chi connectivity index (χ4v) is 4.51. The average Bonchev–Trinajstić information content (AvgIpc) is 2.53. The third kappa shape index (κ3) is 5.26. The largest absolute Gasteiger partial charge is 0.103 e. The van der Waals surface area contributed by atoms with Crippen LogP contribution >= 0.6 is 0 Å². The zero-order chi connectivity index (χ0) is 14.2. The third-order valence-corrected chi connectivity index (χ3v) is 6.24. The number of allylic oxidation sites excluding steroid dienone is 1. The van der Waals surface area contributed by atoms with Crippen LogP contribution < -0.4 is 0 Å². The molecular weight excluding hydrogens is 240 g/mol. The van der Waals surface area contributed by atoms with Gasteiger partial charge in [0.25, 0.3) is 0 Å². The Balaban J connectivity index is 1.49. The van der Waals surface area contributed by atoms with Crippen molar-refractivity contribution in [3.63, 3.8) is 0 Å². The average molecular weight is 277 g/mol. The summed E-state index contributed by atoms with van der Waals surface area (Å²) in [4.78, 5) is 0. The van der Waals surface area contributed by atoms with Crippen LogP contribution in [0.25, 0.3) is 0 Å². The fraction of sp³-hybridized carbons (Fsp3) is 0.900. The van der Waals surface area contributed by atoms with Gasteiger partial charge in [0.1, 0.15) is 0 Å². The van der Waals surface area contributed by atoms with Gasteiger partial charge in [0.05, 0.1) is 0 Å². The topological polar surface area (TPSA) is 0 Å². The van der Waals surface area contributed by atoms with E-state index in [4.69, 9.17) is 0 Å². The van der Waals surface area contributed by atoms with Gasteiger partial charge in [-0.05, 0) is 49.4 Å². The first-order chi connectivity index (χ1) is 9.81. The molecule has 0 spiro atoms. The Labute approximate surface area is 127 Å². The Morgan fingerprint density at radius 2 is 1.20 bits per heavy atom. The van der Waals surface area contributed by atoms with Crippen LogP contribution in [0.1, 0.15) is 90.4 Å². The zero-order valence-electron chi connectivity index (χ0n) is 13.8. The van der Waals surface area contributed by atoms with Crippen LogP contribution in [0.15, 0.2) is 12.7 Å². The summed E-state index contributed by atoms with van der Waals surface area (Å²) in [5.41, 5.74) is 0. The molecule has 0 heterocycles. The molecule has 116 valence electrons. The van der Waals surface area contributed by atoms with Gasteiger partial charge in [-0.3, -0.25) is 0 Å². The second kappa shape index (κ2) is 8.90. The Morgan fingerprint density at radius 1 is 0.750 bits per heavy atom. The fourth-order valence-electron chi connectivity index (χ4n) is 4.51. The van der Waals surface area contributed by atoms with Crippen molar-refractivity contribution in [3.8, 4) is 0 Å². The van der Waals surface area contributed by atoms with Crippen molar-refractivity contribution >= 4 is 0 Å². The van der Waals surface area contributed by atoms with E-state index in [1.807, 2.05) is 0 Å². The standard InChI is InChI=1S/C20H36/c1-3-17-9-13-19(14-10-17)7-5-6-8-20-15-11-18(4-2)12-16-20/h3,17-20H,1,4-16H2,2H3/t17?,18-,19?,20-. The molecule has 0 aromatic heterocycles. The van der Waals surface area contributed by atoms with E-state index in [0.29, 0.717) is 0 Å². The molecule has 2 aliphatic carbocycles. The third-order valence-electron chi connectivity index (χ3n) is 6.24. The Morgan fingerprint density at radius 3 is 1.65 bits per heavy atom. The van der Waals surface area contributed by atoms with Gasteiger partial charge in [-0.1, -0.05) is 70.8 Å². The minimum absolute atomic E-state index is 0.833. The molecule has 20 heavy (non-hydrogen) atoms. The summed E-state index contributed by atoms with van der Waals surface area (Å²) >= 11 is 0. The van der Waals surface area contributed by atoms with E-state index in [2.05, 4.69) is 19.6 Å². The van der Waals surface area contributed by atoms with Gasteiger partial charge in [0, 0.05) is 0 Å². The number of unbranched alkanes of at least 4 members (excludes halogenated alkanes) is 1. The van der Waals surface area contributed by atoms with E-state index >= 15 is 0 Å². The molecule has 0 heteroatoms. The summed E-state index contributed by atoms with van der Waals surface area (Å²) < 4.78 is 0. The first kappa shape index (κ1) is 16.1. The molecule has 2 rings (SSSR count). The van der Waals surface area contributed by atoms with Gasteiger partial charge in [-0.25, -0.2) is 0 Å². The molecule has 0 atom stereocenters. The molecule has 0 amide bonds. The highest BCUT2D eigenvalue weighted by molar-refractivity contribution is 4.84. The Kier molecular flexibility index (Phi) is 7.17. The molecule has 0 radical (unpaired) electrons. The predicted octanol–water partition coefficient (Wildman–Crippen LogP) is 6.76. The highest BCUT2D eigenvalue weighted by Crippen LogP contribution is 2.35. The van der Waals surface area contributed by atoms with Crippen LogP contribution in [-0.4, -0.2) is 0 Å². The van der Waals surface area contributed by atoms with Crippen LogP contribution in [0.3, 0.4) is 0 Å². The summed E-state index contributed by atoms with van der Waals surface area (Å²) in [5, 5.41) is 0.